The van der Waals surface area contributed by atoms with Crippen molar-refractivity contribution in [1.82, 2.24) is 10.0 Å². The highest BCUT2D eigenvalue weighted by Gasteiger charge is 2.39. The first-order valence-electron chi connectivity index (χ1n) is 7.92. The third kappa shape index (κ3) is 3.22. The number of hydrogen-bond acceptors (Lipinski definition) is 6. The van der Waals surface area contributed by atoms with Crippen molar-refractivity contribution in [3.05, 3.63) is 87.1 Å². The molecule has 27 heavy (non-hydrogen) atoms. The predicted octanol–water partition coefficient (Wildman–Crippen LogP) is 3.24. The predicted molar refractivity (Wildman–Crippen MR) is 93.7 cm³/mol. The third-order valence-corrected chi connectivity index (χ3v) is 4.79. The van der Waals surface area contributed by atoms with E-state index in [2.05, 4.69) is 4.98 Å². The van der Waals surface area contributed by atoms with Crippen molar-refractivity contribution in [2.75, 3.05) is 0 Å². The van der Waals surface area contributed by atoms with Crippen LogP contribution >= 0.6 is 11.3 Å². The van der Waals surface area contributed by atoms with Crippen molar-refractivity contribution in [3.63, 3.8) is 0 Å². The minimum Gasteiger partial charge on any atom is -0.322 e. The third-order valence-electron chi connectivity index (χ3n) is 3.94. The monoisotopic (exact) mass is 382 g/mol. The van der Waals surface area contributed by atoms with Gasteiger partial charge in [-0.2, -0.15) is 0 Å². The number of halogens is 1. The summed E-state index contributed by atoms with van der Waals surface area (Å²) in [6.45, 7) is 0. The molecule has 0 N–H and O–H groups in total. The summed E-state index contributed by atoms with van der Waals surface area (Å²) in [6.07, 6.45) is 0.350. The van der Waals surface area contributed by atoms with Crippen LogP contribution in [0.1, 0.15) is 41.8 Å². The maximum atomic E-state index is 13.3. The van der Waals surface area contributed by atoms with Gasteiger partial charge in [-0.15, -0.1) is 11.3 Å². The quantitative estimate of drug-likeness (QED) is 0.648. The molecule has 3 aromatic rings. The highest BCUT2D eigenvalue weighted by molar-refractivity contribution is 7.09. The normalized spacial score (nSPS) is 13.0. The zero-order chi connectivity index (χ0) is 19.0. The maximum absolute atomic E-state index is 13.3. The smallest absolute Gasteiger partial charge is 0.322 e. The van der Waals surface area contributed by atoms with E-state index in [4.69, 9.17) is 4.84 Å². The van der Waals surface area contributed by atoms with E-state index >= 15 is 0 Å². The van der Waals surface area contributed by atoms with Crippen molar-refractivity contribution in [2.45, 2.75) is 6.42 Å². The number of nitrogens with zero attached hydrogens (tertiary/aromatic N) is 2. The lowest BCUT2D eigenvalue weighted by molar-refractivity contribution is -0.0588. The first-order chi connectivity index (χ1) is 13.0. The average Bonchev–Trinajstić information content (AvgIpc) is 3.21. The fourth-order valence-corrected chi connectivity index (χ4v) is 3.48. The Bertz CT molecular complexity index is 1040. The molecule has 0 radical (unpaired) electrons. The fraction of sp³-hybridized carbons (Fsp3) is 0.0526. The molecule has 6 nitrogen and oxygen atoms in total. The number of hydrogen-bond donors (Lipinski definition) is 0. The van der Waals surface area contributed by atoms with Crippen LogP contribution in [0.25, 0.3) is 0 Å². The van der Waals surface area contributed by atoms with Gasteiger partial charge < -0.3 is 4.84 Å². The number of thiazole rings is 1. The summed E-state index contributed by atoms with van der Waals surface area (Å²) in [6, 6.07) is 12.3. The van der Waals surface area contributed by atoms with Crippen LogP contribution < -0.4 is 0 Å². The molecule has 0 fully saturated rings. The van der Waals surface area contributed by atoms with Crippen LogP contribution in [0.15, 0.2) is 53.9 Å². The van der Waals surface area contributed by atoms with E-state index in [1.807, 2.05) is 0 Å². The van der Waals surface area contributed by atoms with Crippen LogP contribution in [0.3, 0.4) is 0 Å². The standard InChI is InChI=1S/C19H11FN2O4S/c20-12-5-3-4-11(8-12)9-16-21-15(10-27-16)19(25)26-22-17(23)13-6-1-2-7-14(13)18(22)24/h1-8,10H,9H2. The van der Waals surface area contributed by atoms with Crippen molar-refractivity contribution in [3.8, 4) is 0 Å². The molecule has 4 rings (SSSR count). The molecule has 0 spiro atoms. The molecule has 2 heterocycles. The first kappa shape index (κ1) is 17.0. The number of amides is 2. The molecule has 1 aliphatic heterocycles. The second-order valence-electron chi connectivity index (χ2n) is 5.76. The van der Waals surface area contributed by atoms with Crippen LogP contribution in [0.2, 0.25) is 0 Å². The van der Waals surface area contributed by atoms with E-state index < -0.39 is 17.8 Å². The summed E-state index contributed by atoms with van der Waals surface area (Å²) in [4.78, 5) is 45.8. The molecule has 1 aliphatic rings. The van der Waals surface area contributed by atoms with E-state index in [9.17, 15) is 18.8 Å². The number of benzene rings is 2. The molecular weight excluding hydrogens is 371 g/mol. The van der Waals surface area contributed by atoms with E-state index in [1.165, 1.54) is 41.0 Å². The summed E-state index contributed by atoms with van der Waals surface area (Å²) < 4.78 is 13.3. The van der Waals surface area contributed by atoms with Crippen LogP contribution in [-0.2, 0) is 11.3 Å². The number of carbonyl (C=O) groups is 3. The van der Waals surface area contributed by atoms with Gasteiger partial charge in [-0.3, -0.25) is 9.59 Å². The van der Waals surface area contributed by atoms with Gasteiger partial charge in [-0.25, -0.2) is 14.2 Å². The Hall–Kier alpha value is -3.39. The van der Waals surface area contributed by atoms with Crippen LogP contribution in [-0.4, -0.2) is 27.8 Å². The van der Waals surface area contributed by atoms with Crippen molar-refractivity contribution in [2.24, 2.45) is 0 Å². The zero-order valence-electron chi connectivity index (χ0n) is 13.7. The molecule has 8 heteroatoms. The molecule has 134 valence electrons. The number of rotatable bonds is 4. The number of carbonyl (C=O) groups excluding carboxylic acids is 3. The number of hydroxylamine groups is 2. The average molecular weight is 382 g/mol. The molecule has 0 aliphatic carbocycles. The van der Waals surface area contributed by atoms with Crippen molar-refractivity contribution < 1.29 is 23.6 Å². The summed E-state index contributed by atoms with van der Waals surface area (Å²) >= 11 is 1.20. The molecule has 0 saturated carbocycles. The van der Waals surface area contributed by atoms with Crippen molar-refractivity contribution >= 4 is 29.1 Å². The lowest BCUT2D eigenvalue weighted by Crippen LogP contribution is -2.32. The second-order valence-corrected chi connectivity index (χ2v) is 6.70. The molecule has 1 aromatic heterocycles. The Balaban J connectivity index is 1.48. The van der Waals surface area contributed by atoms with Gasteiger partial charge in [-0.1, -0.05) is 29.3 Å². The summed E-state index contributed by atoms with van der Waals surface area (Å²) in [7, 11) is 0. The van der Waals surface area contributed by atoms with Gasteiger partial charge in [0.2, 0.25) is 0 Å². The van der Waals surface area contributed by atoms with Crippen LogP contribution in [0.5, 0.6) is 0 Å². The molecule has 0 bridgehead atoms. The minimum absolute atomic E-state index is 0.0250. The van der Waals surface area contributed by atoms with Crippen LogP contribution in [0.4, 0.5) is 4.39 Å². The summed E-state index contributed by atoms with van der Waals surface area (Å²) in [5.41, 5.74) is 1.05. The Kier molecular flexibility index (Phi) is 4.25. The van der Waals surface area contributed by atoms with E-state index in [1.54, 1.807) is 24.3 Å². The Labute approximate surface area is 156 Å². The highest BCUT2D eigenvalue weighted by atomic mass is 32.1. The molecule has 0 atom stereocenters. The minimum atomic E-state index is -0.911. The van der Waals surface area contributed by atoms with Gasteiger partial charge in [0.1, 0.15) is 5.82 Å². The highest BCUT2D eigenvalue weighted by Crippen LogP contribution is 2.24. The topological polar surface area (TPSA) is 76.6 Å². The summed E-state index contributed by atoms with van der Waals surface area (Å²) in [5.74, 6) is -2.65. The molecule has 2 amide bonds. The Morgan fingerprint density at radius 3 is 2.44 bits per heavy atom. The van der Waals surface area contributed by atoms with E-state index in [0.29, 0.717) is 22.1 Å². The zero-order valence-corrected chi connectivity index (χ0v) is 14.5. The largest absolute Gasteiger partial charge is 0.383 e. The maximum Gasteiger partial charge on any atom is 0.383 e. The molecule has 2 aromatic carbocycles. The number of imide groups is 1. The van der Waals surface area contributed by atoms with Gasteiger partial charge in [0.05, 0.1) is 16.1 Å². The molecule has 0 unspecified atom stereocenters. The lowest BCUT2D eigenvalue weighted by atomic mass is 10.1. The first-order valence-corrected chi connectivity index (χ1v) is 8.80. The number of aromatic nitrogens is 1. The van der Waals surface area contributed by atoms with Crippen LogP contribution in [0, 0.1) is 5.82 Å². The van der Waals surface area contributed by atoms with Gasteiger partial charge in [0.15, 0.2) is 5.69 Å². The SMILES string of the molecule is O=C(ON1C(=O)c2ccccc2C1=O)c1csc(Cc2cccc(F)c2)n1. The fourth-order valence-electron chi connectivity index (χ4n) is 2.69. The van der Waals surface area contributed by atoms with E-state index in [0.717, 1.165) is 0 Å². The van der Waals surface area contributed by atoms with Gasteiger partial charge in [0.25, 0.3) is 11.8 Å². The number of fused-ring (bicyclic) bond motifs is 1. The van der Waals surface area contributed by atoms with Gasteiger partial charge >= 0.3 is 5.97 Å². The van der Waals surface area contributed by atoms with Gasteiger partial charge in [0, 0.05) is 11.8 Å². The summed E-state index contributed by atoms with van der Waals surface area (Å²) in [5, 5.41) is 2.49. The van der Waals surface area contributed by atoms with E-state index in [-0.39, 0.29) is 22.6 Å². The van der Waals surface area contributed by atoms with Crippen molar-refractivity contribution in [1.29, 1.82) is 0 Å². The molecular formula is C19H11FN2O4S. The second kappa shape index (κ2) is 6.73. The molecule has 0 saturated heterocycles. The van der Waals surface area contributed by atoms with Gasteiger partial charge in [-0.05, 0) is 29.8 Å². The lowest BCUT2D eigenvalue weighted by Gasteiger charge is -2.11. The Morgan fingerprint density at radius 1 is 1.07 bits per heavy atom. The Morgan fingerprint density at radius 2 is 1.78 bits per heavy atom.